The van der Waals surface area contributed by atoms with Gasteiger partial charge in [0, 0.05) is 18.7 Å². The molecule has 1 amide bonds. The van der Waals surface area contributed by atoms with Crippen molar-refractivity contribution < 1.29 is 4.79 Å². The molecule has 5 nitrogen and oxygen atoms in total. The fraction of sp³-hybridized carbons (Fsp3) is 0.174. The lowest BCUT2D eigenvalue weighted by atomic mass is 10.1. The molecule has 2 aromatic carbocycles. The van der Waals surface area contributed by atoms with Gasteiger partial charge in [0.25, 0.3) is 11.5 Å². The van der Waals surface area contributed by atoms with Crippen molar-refractivity contribution in [1.82, 2.24) is 14.5 Å². The van der Waals surface area contributed by atoms with Crippen molar-refractivity contribution in [3.63, 3.8) is 0 Å². The minimum atomic E-state index is -0.217. The molecule has 148 valence electrons. The van der Waals surface area contributed by atoms with E-state index in [1.54, 1.807) is 35.3 Å². The number of amides is 1. The number of carbonyl (C=O) groups excluding carboxylic acids is 1. The first-order valence-corrected chi connectivity index (χ1v) is 9.66. The summed E-state index contributed by atoms with van der Waals surface area (Å²) in [6.07, 6.45) is 3.33. The van der Waals surface area contributed by atoms with Gasteiger partial charge < -0.3 is 9.88 Å². The first kappa shape index (κ1) is 20.5. The molecule has 0 aliphatic heterocycles. The van der Waals surface area contributed by atoms with E-state index >= 15 is 0 Å². The highest BCUT2D eigenvalue weighted by Crippen LogP contribution is 2.19. The van der Waals surface area contributed by atoms with Gasteiger partial charge in [0.2, 0.25) is 0 Å². The first-order valence-electron chi connectivity index (χ1n) is 9.25. The van der Waals surface area contributed by atoms with E-state index in [9.17, 15) is 9.59 Å². The predicted molar refractivity (Wildman–Crippen MR) is 121 cm³/mol. The van der Waals surface area contributed by atoms with E-state index in [4.69, 9.17) is 12.2 Å². The maximum Gasteiger partial charge on any atom is 0.266 e. The minimum absolute atomic E-state index is 0.162. The van der Waals surface area contributed by atoms with Gasteiger partial charge in [-0.2, -0.15) is 0 Å². The lowest BCUT2D eigenvalue weighted by Crippen LogP contribution is -2.31. The molecule has 0 atom stereocenters. The molecule has 0 aliphatic rings. The Morgan fingerprint density at radius 3 is 2.52 bits per heavy atom. The largest absolute Gasteiger partial charge is 0.331 e. The third kappa shape index (κ3) is 3.84. The minimum Gasteiger partial charge on any atom is -0.331 e. The number of H-pyrrole nitrogens is 1. The lowest BCUT2D eigenvalue weighted by molar-refractivity contribution is 0.0791. The Balaban J connectivity index is 2.15. The smallest absolute Gasteiger partial charge is 0.266 e. The highest BCUT2D eigenvalue weighted by Gasteiger charge is 2.16. The number of aromatic nitrogens is 2. The summed E-state index contributed by atoms with van der Waals surface area (Å²) in [5, 5.41) is 0.468. The molecular weight excluding hydrogens is 382 g/mol. The van der Waals surface area contributed by atoms with Gasteiger partial charge in [0.1, 0.15) is 0 Å². The van der Waals surface area contributed by atoms with Crippen molar-refractivity contribution in [3.8, 4) is 5.69 Å². The summed E-state index contributed by atoms with van der Waals surface area (Å²) >= 11 is 5.48. The Labute approximate surface area is 174 Å². The van der Waals surface area contributed by atoms with Crippen molar-refractivity contribution in [1.29, 1.82) is 0 Å². The van der Waals surface area contributed by atoms with E-state index in [1.807, 2.05) is 32.0 Å². The van der Waals surface area contributed by atoms with Crippen LogP contribution >= 0.6 is 12.2 Å². The van der Waals surface area contributed by atoms with E-state index < -0.39 is 0 Å². The molecule has 0 spiro atoms. The average Bonchev–Trinajstić information content (AvgIpc) is 2.70. The van der Waals surface area contributed by atoms with Gasteiger partial charge in [-0.1, -0.05) is 24.3 Å². The van der Waals surface area contributed by atoms with E-state index in [0.717, 1.165) is 16.8 Å². The second-order valence-corrected chi connectivity index (χ2v) is 7.22. The predicted octanol–water partition coefficient (Wildman–Crippen LogP) is 4.48. The van der Waals surface area contributed by atoms with Crippen molar-refractivity contribution in [2.75, 3.05) is 13.1 Å². The van der Waals surface area contributed by atoms with E-state index in [1.165, 1.54) is 4.57 Å². The summed E-state index contributed by atoms with van der Waals surface area (Å²) in [6, 6.07) is 10.8. The quantitative estimate of drug-likeness (QED) is 0.486. The molecule has 0 aliphatic carbocycles. The molecular formula is C23H23N3O2S. The second-order valence-electron chi connectivity index (χ2n) is 6.84. The second kappa shape index (κ2) is 8.41. The van der Waals surface area contributed by atoms with E-state index in [0.29, 0.717) is 29.6 Å². The molecule has 0 radical (unpaired) electrons. The highest BCUT2D eigenvalue weighted by molar-refractivity contribution is 7.71. The van der Waals surface area contributed by atoms with Gasteiger partial charge in [-0.3, -0.25) is 14.2 Å². The van der Waals surface area contributed by atoms with Crippen LogP contribution in [0.3, 0.4) is 0 Å². The molecule has 1 heterocycles. The van der Waals surface area contributed by atoms with Crippen molar-refractivity contribution >= 4 is 29.0 Å². The summed E-state index contributed by atoms with van der Waals surface area (Å²) in [5.41, 5.74) is 3.60. The summed E-state index contributed by atoms with van der Waals surface area (Å²) in [6.45, 7) is 12.2. The normalized spacial score (nSPS) is 10.7. The maximum atomic E-state index is 13.2. The average molecular weight is 406 g/mol. The molecule has 1 aromatic heterocycles. The van der Waals surface area contributed by atoms with Crippen LogP contribution in [0.15, 0.2) is 66.5 Å². The van der Waals surface area contributed by atoms with Crippen LogP contribution in [0.25, 0.3) is 16.6 Å². The standard InChI is InChI=1S/C23H23N3O2S/c1-5-12-25(13-6-2)21(27)17-10-11-18-19(14-17)24-23(29)26(22(18)28)20-9-7-8-15(3)16(20)4/h5-11,14H,1-2,12-13H2,3-4H3,(H,24,29). The monoisotopic (exact) mass is 405 g/mol. The number of aryl methyl sites for hydroxylation is 1. The fourth-order valence-corrected chi connectivity index (χ4v) is 3.57. The number of nitrogens with one attached hydrogen (secondary N) is 1. The molecule has 3 rings (SSSR count). The maximum absolute atomic E-state index is 13.2. The molecule has 0 saturated carbocycles. The van der Waals surface area contributed by atoms with Gasteiger partial charge in [-0.15, -0.1) is 13.2 Å². The molecule has 0 saturated heterocycles. The van der Waals surface area contributed by atoms with Gasteiger partial charge in [-0.05, 0) is 61.5 Å². The SMILES string of the molecule is C=CCN(CC=C)C(=O)c1ccc2c(=O)n(-c3cccc(C)c3C)c(=S)[nH]c2c1. The van der Waals surface area contributed by atoms with E-state index in [2.05, 4.69) is 18.1 Å². The summed E-state index contributed by atoms with van der Waals surface area (Å²) in [5.74, 6) is -0.162. The van der Waals surface area contributed by atoms with Gasteiger partial charge in [0.15, 0.2) is 4.77 Å². The highest BCUT2D eigenvalue weighted by atomic mass is 32.1. The van der Waals surface area contributed by atoms with Gasteiger partial charge in [-0.25, -0.2) is 0 Å². The van der Waals surface area contributed by atoms with Crippen LogP contribution in [0.4, 0.5) is 0 Å². The Morgan fingerprint density at radius 1 is 1.17 bits per heavy atom. The lowest BCUT2D eigenvalue weighted by Gasteiger charge is -2.19. The third-order valence-electron chi connectivity index (χ3n) is 4.95. The number of fused-ring (bicyclic) bond motifs is 1. The molecule has 29 heavy (non-hydrogen) atoms. The van der Waals surface area contributed by atoms with Gasteiger partial charge in [0.05, 0.1) is 16.6 Å². The molecule has 0 unspecified atom stereocenters. The molecule has 0 fully saturated rings. The summed E-state index contributed by atoms with van der Waals surface area (Å²) < 4.78 is 1.79. The number of nitrogens with zero attached hydrogens (tertiary/aromatic N) is 2. The van der Waals surface area contributed by atoms with Crippen LogP contribution in [-0.4, -0.2) is 33.4 Å². The van der Waals surface area contributed by atoms with Crippen LogP contribution < -0.4 is 5.56 Å². The van der Waals surface area contributed by atoms with Crippen LogP contribution in [0.1, 0.15) is 21.5 Å². The Morgan fingerprint density at radius 2 is 1.86 bits per heavy atom. The van der Waals surface area contributed by atoms with E-state index in [-0.39, 0.29) is 16.2 Å². The number of rotatable bonds is 6. The fourth-order valence-electron chi connectivity index (χ4n) is 3.28. The van der Waals surface area contributed by atoms with Crippen LogP contribution in [0, 0.1) is 18.6 Å². The number of aromatic amines is 1. The third-order valence-corrected chi connectivity index (χ3v) is 5.23. The topological polar surface area (TPSA) is 58.1 Å². The van der Waals surface area contributed by atoms with Gasteiger partial charge >= 0.3 is 0 Å². The molecule has 1 N–H and O–H groups in total. The number of carbonyl (C=O) groups is 1. The van der Waals surface area contributed by atoms with Crippen molar-refractivity contribution in [2.24, 2.45) is 0 Å². The van der Waals surface area contributed by atoms with Crippen molar-refractivity contribution in [2.45, 2.75) is 13.8 Å². The Hall–Kier alpha value is -3.25. The van der Waals surface area contributed by atoms with Crippen LogP contribution in [0.5, 0.6) is 0 Å². The number of hydrogen-bond acceptors (Lipinski definition) is 3. The molecule has 3 aromatic rings. The Bertz CT molecular complexity index is 1230. The summed E-state index contributed by atoms with van der Waals surface area (Å²) in [4.78, 5) is 30.7. The van der Waals surface area contributed by atoms with Crippen LogP contribution in [0.2, 0.25) is 0 Å². The number of benzene rings is 2. The van der Waals surface area contributed by atoms with Crippen LogP contribution in [-0.2, 0) is 0 Å². The molecule has 6 heteroatoms. The zero-order valence-corrected chi connectivity index (χ0v) is 17.4. The summed E-state index contributed by atoms with van der Waals surface area (Å²) in [7, 11) is 0. The Kier molecular flexibility index (Phi) is 5.94. The molecule has 0 bridgehead atoms. The zero-order chi connectivity index (χ0) is 21.1. The van der Waals surface area contributed by atoms with Crippen molar-refractivity contribution in [3.05, 3.63) is 93.5 Å². The zero-order valence-electron chi connectivity index (χ0n) is 16.6. The number of hydrogen-bond donors (Lipinski definition) is 1. The first-order chi connectivity index (χ1) is 13.9.